The summed E-state index contributed by atoms with van der Waals surface area (Å²) in [7, 11) is 3.17. The van der Waals surface area contributed by atoms with Gasteiger partial charge in [-0.3, -0.25) is 4.79 Å². The summed E-state index contributed by atoms with van der Waals surface area (Å²) in [4.78, 5) is 27.0. The molecule has 2 N–H and O–H groups in total. The minimum atomic E-state index is -0.638. The molecule has 2 amide bonds. The molecule has 1 fully saturated rings. The molecule has 288 valence electrons. The average molecular weight is 759 g/mol. The highest BCUT2D eigenvalue weighted by Crippen LogP contribution is 2.45. The molecule has 0 radical (unpaired) electrons. The highest BCUT2D eigenvalue weighted by molar-refractivity contribution is 5.80. The molecule has 1 saturated carbocycles. The number of amides is 2. The van der Waals surface area contributed by atoms with E-state index in [2.05, 4.69) is 83.4 Å². The van der Waals surface area contributed by atoms with Crippen molar-refractivity contribution in [2.45, 2.75) is 43.7 Å². The van der Waals surface area contributed by atoms with Crippen LogP contribution < -0.4 is 24.8 Å². The first-order chi connectivity index (χ1) is 27.9. The van der Waals surface area contributed by atoms with Crippen molar-refractivity contribution < 1.29 is 28.5 Å². The molecule has 2 atom stereocenters. The molecule has 0 saturated heterocycles. The minimum Gasteiger partial charge on any atom is -0.497 e. The Bertz CT molecular complexity index is 2310. The number of nitrogens with one attached hydrogen (secondary N) is 2. The summed E-state index contributed by atoms with van der Waals surface area (Å²) in [6.07, 6.45) is 1.91. The van der Waals surface area contributed by atoms with E-state index in [0.29, 0.717) is 28.7 Å². The van der Waals surface area contributed by atoms with E-state index in [1.165, 1.54) is 18.4 Å². The number of benzene rings is 6. The van der Waals surface area contributed by atoms with Gasteiger partial charge in [-0.05, 0) is 94.5 Å². The van der Waals surface area contributed by atoms with Crippen molar-refractivity contribution in [3.63, 3.8) is 0 Å². The van der Waals surface area contributed by atoms with Crippen LogP contribution in [0.25, 0.3) is 11.1 Å². The van der Waals surface area contributed by atoms with Crippen molar-refractivity contribution in [1.29, 1.82) is 0 Å². The number of fused-ring (bicyclic) bond motifs is 3. The van der Waals surface area contributed by atoms with Crippen molar-refractivity contribution >= 4 is 12.0 Å². The van der Waals surface area contributed by atoms with Crippen LogP contribution in [0.4, 0.5) is 4.79 Å². The number of alkyl carbamates (subject to hydrolysis) is 1. The molecular weight excluding hydrogens is 713 g/mol. The van der Waals surface area contributed by atoms with Gasteiger partial charge in [0.15, 0.2) is 6.61 Å². The van der Waals surface area contributed by atoms with E-state index in [9.17, 15) is 9.59 Å². The molecule has 8 rings (SSSR count). The third-order valence-electron chi connectivity index (χ3n) is 11.0. The molecule has 0 aromatic heterocycles. The summed E-state index contributed by atoms with van der Waals surface area (Å²) in [6, 6.07) is 45.1. The molecule has 0 spiro atoms. The molecule has 0 aliphatic heterocycles. The SMILES string of the molecule is COc1ccc(C(NC(=O)OCC2c3ccccc3-c3ccccc32)c2ccc(OCC(=O)NC(c3ccc(C)cc3)c3ccc(C4CC4)cc3)cc2)c(OC)c1. The van der Waals surface area contributed by atoms with Crippen LogP contribution in [0, 0.1) is 6.92 Å². The normalized spacial score (nSPS) is 14.1. The summed E-state index contributed by atoms with van der Waals surface area (Å²) in [5.41, 5.74) is 10.6. The van der Waals surface area contributed by atoms with Crippen LogP contribution in [0.5, 0.6) is 17.2 Å². The quantitative estimate of drug-likeness (QED) is 0.115. The van der Waals surface area contributed by atoms with Crippen molar-refractivity contribution in [3.05, 3.63) is 184 Å². The lowest BCUT2D eigenvalue weighted by atomic mass is 9.96. The van der Waals surface area contributed by atoms with Gasteiger partial charge in [-0.25, -0.2) is 4.79 Å². The Morgan fingerprint density at radius 1 is 0.649 bits per heavy atom. The topological polar surface area (TPSA) is 95.1 Å². The standard InChI is InChI=1S/C49H46N2O6/c1-31-12-14-34(15-13-31)47(35-20-18-33(19-21-35)32-16-17-32)50-46(52)30-56-37-24-22-36(23-25-37)48(43-27-26-38(54-2)28-45(43)55-3)51-49(53)57-29-44-41-10-6-4-8-39(41)40-9-5-7-11-42(40)44/h4-15,18-28,32,44,47-48H,16-17,29-30H2,1-3H3,(H,50,52)(H,51,53). The summed E-state index contributed by atoms with van der Waals surface area (Å²) in [5.74, 6) is 2.01. The van der Waals surface area contributed by atoms with Crippen molar-refractivity contribution in [2.75, 3.05) is 27.4 Å². The molecule has 2 unspecified atom stereocenters. The van der Waals surface area contributed by atoms with E-state index in [-0.39, 0.29) is 31.1 Å². The fourth-order valence-corrected chi connectivity index (χ4v) is 7.76. The molecule has 0 heterocycles. The number of hydrogen-bond acceptors (Lipinski definition) is 6. The molecule has 6 aromatic rings. The first kappa shape index (κ1) is 37.4. The van der Waals surface area contributed by atoms with Crippen LogP contribution in [0.1, 0.15) is 81.3 Å². The van der Waals surface area contributed by atoms with Gasteiger partial charge in [0.05, 0.1) is 26.3 Å². The average Bonchev–Trinajstić information content (AvgIpc) is 4.06. The van der Waals surface area contributed by atoms with E-state index >= 15 is 0 Å². The van der Waals surface area contributed by atoms with E-state index in [1.54, 1.807) is 32.4 Å². The maximum atomic E-state index is 13.6. The second-order valence-corrected chi connectivity index (χ2v) is 14.7. The highest BCUT2D eigenvalue weighted by atomic mass is 16.5. The fourth-order valence-electron chi connectivity index (χ4n) is 7.76. The summed E-state index contributed by atoms with van der Waals surface area (Å²) in [5, 5.41) is 6.28. The number of carbonyl (C=O) groups is 2. The lowest BCUT2D eigenvalue weighted by molar-refractivity contribution is -0.123. The fraction of sp³-hybridized carbons (Fsp3) is 0.224. The van der Waals surface area contributed by atoms with Gasteiger partial charge >= 0.3 is 6.09 Å². The molecule has 2 aliphatic carbocycles. The Hall–Kier alpha value is -6.54. The number of rotatable bonds is 14. The Kier molecular flexibility index (Phi) is 10.9. The van der Waals surface area contributed by atoms with Crippen LogP contribution in [-0.2, 0) is 9.53 Å². The van der Waals surface area contributed by atoms with Crippen molar-refractivity contribution in [1.82, 2.24) is 10.6 Å². The third kappa shape index (κ3) is 8.36. The monoisotopic (exact) mass is 758 g/mol. The van der Waals surface area contributed by atoms with Crippen molar-refractivity contribution in [2.24, 2.45) is 0 Å². The minimum absolute atomic E-state index is 0.0780. The number of methoxy groups -OCH3 is 2. The number of carbonyl (C=O) groups excluding carboxylic acids is 2. The van der Waals surface area contributed by atoms with E-state index in [4.69, 9.17) is 18.9 Å². The maximum absolute atomic E-state index is 13.6. The predicted octanol–water partition coefficient (Wildman–Crippen LogP) is 9.80. The number of aryl methyl sites for hydroxylation is 1. The van der Waals surface area contributed by atoms with Crippen LogP contribution in [0.2, 0.25) is 0 Å². The summed E-state index contributed by atoms with van der Waals surface area (Å²) >= 11 is 0. The second kappa shape index (κ2) is 16.7. The molecule has 2 aliphatic rings. The number of hydrogen-bond donors (Lipinski definition) is 2. The zero-order valence-corrected chi connectivity index (χ0v) is 32.4. The molecule has 6 aromatic carbocycles. The molecule has 57 heavy (non-hydrogen) atoms. The second-order valence-electron chi connectivity index (χ2n) is 14.7. The Morgan fingerprint density at radius 3 is 1.84 bits per heavy atom. The van der Waals surface area contributed by atoms with Crippen LogP contribution in [0.3, 0.4) is 0 Å². The Morgan fingerprint density at radius 2 is 1.23 bits per heavy atom. The molecular formula is C49H46N2O6. The van der Waals surface area contributed by atoms with Crippen LogP contribution in [0.15, 0.2) is 140 Å². The lowest BCUT2D eigenvalue weighted by Gasteiger charge is -2.23. The highest BCUT2D eigenvalue weighted by Gasteiger charge is 2.30. The van der Waals surface area contributed by atoms with Gasteiger partial charge in [-0.1, -0.05) is 115 Å². The largest absolute Gasteiger partial charge is 0.497 e. The van der Waals surface area contributed by atoms with Gasteiger partial charge in [0.1, 0.15) is 23.9 Å². The first-order valence-electron chi connectivity index (χ1n) is 19.4. The van der Waals surface area contributed by atoms with Crippen molar-refractivity contribution in [3.8, 4) is 28.4 Å². The molecule has 8 heteroatoms. The maximum Gasteiger partial charge on any atom is 0.407 e. The van der Waals surface area contributed by atoms with E-state index in [0.717, 1.165) is 44.5 Å². The predicted molar refractivity (Wildman–Crippen MR) is 221 cm³/mol. The Labute approximate surface area is 333 Å². The Balaban J connectivity index is 0.965. The third-order valence-corrected chi connectivity index (χ3v) is 11.0. The van der Waals surface area contributed by atoms with Gasteiger partial charge in [0, 0.05) is 17.5 Å². The van der Waals surface area contributed by atoms with E-state index < -0.39 is 12.1 Å². The van der Waals surface area contributed by atoms with Gasteiger partial charge in [0.2, 0.25) is 0 Å². The molecule has 0 bridgehead atoms. The smallest absolute Gasteiger partial charge is 0.407 e. The van der Waals surface area contributed by atoms with Gasteiger partial charge < -0.3 is 29.6 Å². The van der Waals surface area contributed by atoms with E-state index in [1.807, 2.05) is 55.5 Å². The zero-order valence-electron chi connectivity index (χ0n) is 32.4. The van der Waals surface area contributed by atoms with Crippen LogP contribution in [-0.4, -0.2) is 39.4 Å². The van der Waals surface area contributed by atoms with Gasteiger partial charge in [-0.2, -0.15) is 0 Å². The van der Waals surface area contributed by atoms with Gasteiger partial charge in [-0.15, -0.1) is 0 Å². The lowest BCUT2D eigenvalue weighted by Crippen LogP contribution is -2.33. The molecule has 8 nitrogen and oxygen atoms in total. The van der Waals surface area contributed by atoms with Gasteiger partial charge in [0.25, 0.3) is 5.91 Å². The summed E-state index contributed by atoms with van der Waals surface area (Å²) < 4.78 is 23.2. The van der Waals surface area contributed by atoms with Crippen LogP contribution >= 0.6 is 0 Å². The summed E-state index contributed by atoms with van der Waals surface area (Å²) in [6.45, 7) is 2.06. The number of ether oxygens (including phenoxy) is 4. The first-order valence-corrected chi connectivity index (χ1v) is 19.4. The zero-order chi connectivity index (χ0) is 39.3.